The number of benzene rings is 2. The average Bonchev–Trinajstić information content (AvgIpc) is 3.51. The van der Waals surface area contributed by atoms with Crippen LogP contribution < -0.4 is 5.32 Å². The number of hydrogen-bond acceptors (Lipinski definition) is 2. The third kappa shape index (κ3) is 3.89. The van der Waals surface area contributed by atoms with Gasteiger partial charge in [0.05, 0.1) is 0 Å². The van der Waals surface area contributed by atoms with Crippen molar-refractivity contribution < 1.29 is 4.79 Å². The second kappa shape index (κ2) is 7.27. The zero-order valence-electron chi connectivity index (χ0n) is 16.1. The summed E-state index contributed by atoms with van der Waals surface area (Å²) in [6.45, 7) is 3.90. The van der Waals surface area contributed by atoms with Crippen molar-refractivity contribution in [2.75, 3.05) is 19.6 Å². The van der Waals surface area contributed by atoms with Gasteiger partial charge in [0.1, 0.15) is 0 Å². The number of fused-ring (bicyclic) bond motifs is 2. The third-order valence-corrected chi connectivity index (χ3v) is 7.01. The van der Waals surface area contributed by atoms with E-state index < -0.39 is 0 Å². The summed E-state index contributed by atoms with van der Waals surface area (Å²) in [5.74, 6) is 2.75. The predicted octanol–water partition coefficient (Wildman–Crippen LogP) is 4.47. The van der Waals surface area contributed by atoms with Crippen molar-refractivity contribution in [1.29, 1.82) is 0 Å². The lowest BCUT2D eigenvalue weighted by atomic mass is 9.73. The van der Waals surface area contributed by atoms with Crippen molar-refractivity contribution >= 4 is 16.7 Å². The molecule has 1 amide bonds. The summed E-state index contributed by atoms with van der Waals surface area (Å²) < 4.78 is 0. The third-order valence-electron chi connectivity index (χ3n) is 7.01. The van der Waals surface area contributed by atoms with Crippen LogP contribution in [-0.4, -0.2) is 36.5 Å². The fourth-order valence-corrected chi connectivity index (χ4v) is 5.25. The maximum absolute atomic E-state index is 12.8. The summed E-state index contributed by atoms with van der Waals surface area (Å²) in [4.78, 5) is 15.5. The van der Waals surface area contributed by atoms with E-state index in [2.05, 4.69) is 28.4 Å². The molecule has 2 saturated carbocycles. The van der Waals surface area contributed by atoms with E-state index in [0.29, 0.717) is 6.04 Å². The molecule has 1 saturated heterocycles. The van der Waals surface area contributed by atoms with Crippen LogP contribution in [0.2, 0.25) is 0 Å². The number of likely N-dealkylation sites (tertiary alicyclic amines) is 1. The van der Waals surface area contributed by atoms with Gasteiger partial charge in [0.2, 0.25) is 0 Å². The highest BCUT2D eigenvalue weighted by atomic mass is 16.1. The van der Waals surface area contributed by atoms with Gasteiger partial charge >= 0.3 is 0 Å². The molecule has 3 unspecified atom stereocenters. The van der Waals surface area contributed by atoms with Gasteiger partial charge in [-0.15, -0.1) is 0 Å². The number of carbonyl (C=O) groups is 1. The highest BCUT2D eigenvalue weighted by Crippen LogP contribution is 2.38. The normalized spacial score (nSPS) is 28.7. The van der Waals surface area contributed by atoms with Crippen LogP contribution in [0.1, 0.15) is 48.9 Å². The van der Waals surface area contributed by atoms with Gasteiger partial charge in [-0.3, -0.25) is 4.79 Å². The Bertz CT molecular complexity index is 828. The molecule has 0 radical (unpaired) electrons. The number of piperidine rings is 1. The van der Waals surface area contributed by atoms with E-state index in [-0.39, 0.29) is 5.91 Å². The molecule has 0 aromatic heterocycles. The van der Waals surface area contributed by atoms with Crippen molar-refractivity contribution in [2.24, 2.45) is 17.8 Å². The summed E-state index contributed by atoms with van der Waals surface area (Å²) in [6, 6.07) is 14.6. The largest absolute Gasteiger partial charge is 0.349 e. The predicted molar refractivity (Wildman–Crippen MR) is 110 cm³/mol. The smallest absolute Gasteiger partial charge is 0.251 e. The zero-order chi connectivity index (χ0) is 18.2. The number of nitrogens with zero attached hydrogens (tertiary/aromatic N) is 1. The van der Waals surface area contributed by atoms with Crippen LogP contribution in [-0.2, 0) is 0 Å². The van der Waals surface area contributed by atoms with E-state index in [4.69, 9.17) is 0 Å². The fourth-order valence-electron chi connectivity index (χ4n) is 5.25. The van der Waals surface area contributed by atoms with E-state index in [1.165, 1.54) is 57.1 Å². The number of hydrogen-bond donors (Lipinski definition) is 1. The summed E-state index contributed by atoms with van der Waals surface area (Å²) in [5, 5.41) is 5.66. The van der Waals surface area contributed by atoms with Crippen LogP contribution in [0, 0.1) is 17.8 Å². The molecule has 3 aliphatic rings. The quantitative estimate of drug-likeness (QED) is 0.870. The molecule has 3 nitrogen and oxygen atoms in total. The van der Waals surface area contributed by atoms with Crippen molar-refractivity contribution in [3.63, 3.8) is 0 Å². The average molecular weight is 363 g/mol. The van der Waals surface area contributed by atoms with E-state index >= 15 is 0 Å². The van der Waals surface area contributed by atoms with Crippen LogP contribution >= 0.6 is 0 Å². The second-order valence-corrected chi connectivity index (χ2v) is 9.06. The molecule has 27 heavy (non-hydrogen) atoms. The van der Waals surface area contributed by atoms with Gasteiger partial charge in [-0.2, -0.15) is 0 Å². The maximum Gasteiger partial charge on any atom is 0.251 e. The monoisotopic (exact) mass is 362 g/mol. The van der Waals surface area contributed by atoms with Gasteiger partial charge in [-0.05, 0) is 85.7 Å². The molecule has 2 aliphatic carbocycles. The standard InChI is InChI=1S/C24H30N2O/c27-24(21-8-7-18-3-1-2-4-19(18)13-21)25-23-10-9-22-16-26(15-17-5-6-17)12-11-20(22)14-23/h1-4,7-8,13,17,20,22-23H,5-6,9-12,14-16H2,(H,25,27). The molecule has 0 bridgehead atoms. The van der Waals surface area contributed by atoms with E-state index in [0.717, 1.165) is 35.1 Å². The lowest BCUT2D eigenvalue weighted by Crippen LogP contribution is -2.48. The summed E-state index contributed by atoms with van der Waals surface area (Å²) >= 11 is 0. The van der Waals surface area contributed by atoms with Gasteiger partial charge in [0, 0.05) is 24.7 Å². The molecule has 142 valence electrons. The Kier molecular flexibility index (Phi) is 4.65. The molecule has 3 fully saturated rings. The highest BCUT2D eigenvalue weighted by molar-refractivity contribution is 5.98. The molecule has 1 N–H and O–H groups in total. The van der Waals surface area contributed by atoms with Crippen LogP contribution in [0.25, 0.3) is 10.8 Å². The zero-order valence-corrected chi connectivity index (χ0v) is 16.1. The first-order chi connectivity index (χ1) is 13.2. The number of rotatable bonds is 4. The lowest BCUT2D eigenvalue weighted by Gasteiger charge is -2.44. The minimum Gasteiger partial charge on any atom is -0.349 e. The first kappa shape index (κ1) is 17.2. The minimum absolute atomic E-state index is 0.0929. The molecule has 1 aliphatic heterocycles. The van der Waals surface area contributed by atoms with E-state index in [9.17, 15) is 4.79 Å². The highest BCUT2D eigenvalue weighted by Gasteiger charge is 2.36. The lowest BCUT2D eigenvalue weighted by molar-refractivity contribution is 0.0662. The van der Waals surface area contributed by atoms with Crippen LogP contribution in [0.4, 0.5) is 0 Å². The van der Waals surface area contributed by atoms with Crippen molar-refractivity contribution in [3.05, 3.63) is 48.0 Å². The number of amides is 1. The van der Waals surface area contributed by atoms with Crippen molar-refractivity contribution in [1.82, 2.24) is 10.2 Å². The first-order valence-corrected chi connectivity index (χ1v) is 10.8. The number of carbonyl (C=O) groups excluding carboxylic acids is 1. The number of nitrogens with one attached hydrogen (secondary N) is 1. The van der Waals surface area contributed by atoms with Gasteiger partial charge < -0.3 is 10.2 Å². The van der Waals surface area contributed by atoms with Crippen LogP contribution in [0.5, 0.6) is 0 Å². The molecular weight excluding hydrogens is 332 g/mol. The Morgan fingerprint density at radius 3 is 2.67 bits per heavy atom. The maximum atomic E-state index is 12.8. The Morgan fingerprint density at radius 2 is 1.81 bits per heavy atom. The fraction of sp³-hybridized carbons (Fsp3) is 0.542. The van der Waals surface area contributed by atoms with Gasteiger partial charge in [-0.25, -0.2) is 0 Å². The molecule has 1 heterocycles. The molecular formula is C24H30N2O. The second-order valence-electron chi connectivity index (χ2n) is 9.06. The van der Waals surface area contributed by atoms with Gasteiger partial charge in [0.25, 0.3) is 5.91 Å². The Morgan fingerprint density at radius 1 is 0.963 bits per heavy atom. The molecule has 3 heteroatoms. The van der Waals surface area contributed by atoms with Crippen LogP contribution in [0.3, 0.4) is 0 Å². The summed E-state index contributed by atoms with van der Waals surface area (Å²) in [6.07, 6.45) is 7.80. The first-order valence-electron chi connectivity index (χ1n) is 10.8. The summed E-state index contributed by atoms with van der Waals surface area (Å²) in [5.41, 5.74) is 0.787. The van der Waals surface area contributed by atoms with Gasteiger partial charge in [-0.1, -0.05) is 30.3 Å². The van der Waals surface area contributed by atoms with Crippen LogP contribution in [0.15, 0.2) is 42.5 Å². The Labute approximate surface area is 162 Å². The van der Waals surface area contributed by atoms with E-state index in [1.807, 2.05) is 24.3 Å². The summed E-state index contributed by atoms with van der Waals surface area (Å²) in [7, 11) is 0. The van der Waals surface area contributed by atoms with Crippen molar-refractivity contribution in [3.8, 4) is 0 Å². The Hall–Kier alpha value is -1.87. The van der Waals surface area contributed by atoms with Gasteiger partial charge in [0.15, 0.2) is 0 Å². The molecule has 2 aromatic rings. The SMILES string of the molecule is O=C(NC1CCC2CN(CC3CC3)CCC2C1)c1ccc2ccccc2c1. The minimum atomic E-state index is 0.0929. The molecule has 2 aromatic carbocycles. The Balaban J connectivity index is 1.18. The molecule has 3 atom stereocenters. The molecule has 0 spiro atoms. The molecule has 5 rings (SSSR count). The van der Waals surface area contributed by atoms with E-state index in [1.54, 1.807) is 0 Å². The van der Waals surface area contributed by atoms with Crippen molar-refractivity contribution in [2.45, 2.75) is 44.6 Å². The topological polar surface area (TPSA) is 32.3 Å².